The van der Waals surface area contributed by atoms with Crippen LogP contribution in [-0.2, 0) is 0 Å². The molecule has 0 unspecified atom stereocenters. The Morgan fingerprint density at radius 2 is 2.15 bits per heavy atom. The van der Waals surface area contributed by atoms with Gasteiger partial charge in [0.25, 0.3) is 5.91 Å². The molecule has 1 heterocycles. The number of carbonyl (C=O) groups is 1. The van der Waals surface area contributed by atoms with Crippen molar-refractivity contribution in [2.24, 2.45) is 5.84 Å². The van der Waals surface area contributed by atoms with E-state index in [0.29, 0.717) is 18.1 Å². The third-order valence-electron chi connectivity index (χ3n) is 3.90. The largest absolute Gasteiger partial charge is 0.349 e. The summed E-state index contributed by atoms with van der Waals surface area (Å²) in [5.41, 5.74) is 2.85. The van der Waals surface area contributed by atoms with E-state index in [9.17, 15) is 4.79 Å². The number of nitrogens with zero attached hydrogens (tertiary/aromatic N) is 1. The van der Waals surface area contributed by atoms with Gasteiger partial charge in [-0.3, -0.25) is 4.79 Å². The van der Waals surface area contributed by atoms with Gasteiger partial charge in [-0.25, -0.2) is 10.8 Å². The average molecular weight is 294 g/mol. The molecule has 20 heavy (non-hydrogen) atoms. The van der Waals surface area contributed by atoms with Crippen molar-refractivity contribution in [3.8, 4) is 0 Å². The maximum absolute atomic E-state index is 12.2. The fourth-order valence-electron chi connectivity index (χ4n) is 2.62. The lowest BCUT2D eigenvalue weighted by atomic mass is 9.88. The molecule has 0 aliphatic heterocycles. The Kier molecular flexibility index (Phi) is 5.25. The summed E-state index contributed by atoms with van der Waals surface area (Å²) in [4.78, 5) is 16.3. The number of anilines is 1. The van der Waals surface area contributed by atoms with Crippen molar-refractivity contribution in [3.05, 3.63) is 23.9 Å². The highest BCUT2D eigenvalue weighted by Crippen LogP contribution is 2.37. The lowest BCUT2D eigenvalue weighted by molar-refractivity contribution is 0.0942. The number of amides is 1. The van der Waals surface area contributed by atoms with Gasteiger partial charge in [0.05, 0.1) is 0 Å². The number of nitrogens with two attached hydrogens (primary N) is 1. The summed E-state index contributed by atoms with van der Waals surface area (Å²) in [6.45, 7) is 0.703. The summed E-state index contributed by atoms with van der Waals surface area (Å²) in [6, 6.07) is 5.19. The van der Waals surface area contributed by atoms with E-state index in [1.165, 1.54) is 32.1 Å². The third-order valence-corrected chi connectivity index (χ3v) is 5.32. The van der Waals surface area contributed by atoms with Crippen molar-refractivity contribution in [1.82, 2.24) is 10.3 Å². The maximum Gasteiger partial charge on any atom is 0.270 e. The number of thioether (sulfide) groups is 1. The molecule has 1 saturated carbocycles. The van der Waals surface area contributed by atoms with Gasteiger partial charge in [-0.1, -0.05) is 25.3 Å². The topological polar surface area (TPSA) is 80.0 Å². The van der Waals surface area contributed by atoms with Crippen molar-refractivity contribution >= 4 is 23.5 Å². The molecule has 0 spiro atoms. The number of aromatic nitrogens is 1. The maximum atomic E-state index is 12.2. The number of nitrogens with one attached hydrogen (secondary N) is 2. The van der Waals surface area contributed by atoms with Crippen LogP contribution in [0.5, 0.6) is 0 Å². The average Bonchev–Trinajstić information content (AvgIpc) is 2.53. The van der Waals surface area contributed by atoms with E-state index in [1.54, 1.807) is 18.2 Å². The number of hydrogen-bond donors (Lipinski definition) is 3. The molecule has 5 nitrogen and oxygen atoms in total. The van der Waals surface area contributed by atoms with E-state index in [-0.39, 0.29) is 10.7 Å². The molecule has 1 aromatic heterocycles. The standard InChI is InChI=1S/C14H22N4OS/c1-20-14(8-3-2-4-9-14)10-16-13(19)11-6-5-7-12(17-11)18-15/h5-7H,2-4,8-10,15H2,1H3,(H,16,19)(H,17,18). The fraction of sp³-hybridized carbons (Fsp3) is 0.571. The summed E-state index contributed by atoms with van der Waals surface area (Å²) in [5, 5.41) is 3.02. The minimum absolute atomic E-state index is 0.138. The quantitative estimate of drug-likeness (QED) is 0.573. The van der Waals surface area contributed by atoms with Crippen LogP contribution in [0, 0.1) is 0 Å². The first-order chi connectivity index (χ1) is 9.69. The lowest BCUT2D eigenvalue weighted by Gasteiger charge is -2.35. The Bertz CT molecular complexity index is 460. The zero-order chi connectivity index (χ0) is 14.4. The first-order valence-corrected chi connectivity index (χ1v) is 8.19. The Balaban J connectivity index is 1.96. The second-order valence-electron chi connectivity index (χ2n) is 5.18. The molecule has 4 N–H and O–H groups in total. The van der Waals surface area contributed by atoms with Gasteiger partial charge in [-0.2, -0.15) is 11.8 Å². The normalized spacial score (nSPS) is 17.5. The molecule has 1 amide bonds. The third kappa shape index (κ3) is 3.64. The van der Waals surface area contributed by atoms with Crippen LogP contribution in [0.1, 0.15) is 42.6 Å². The first-order valence-electron chi connectivity index (χ1n) is 6.96. The summed E-state index contributed by atoms with van der Waals surface area (Å²) < 4.78 is 0.192. The molecule has 0 radical (unpaired) electrons. The molecule has 0 atom stereocenters. The van der Waals surface area contributed by atoms with E-state index in [0.717, 1.165) is 0 Å². The number of rotatable bonds is 5. The zero-order valence-corrected chi connectivity index (χ0v) is 12.6. The van der Waals surface area contributed by atoms with Crippen molar-refractivity contribution in [3.63, 3.8) is 0 Å². The van der Waals surface area contributed by atoms with Crippen LogP contribution in [0.2, 0.25) is 0 Å². The predicted molar refractivity (Wildman–Crippen MR) is 83.7 cm³/mol. The van der Waals surface area contributed by atoms with Crippen molar-refractivity contribution in [1.29, 1.82) is 0 Å². The van der Waals surface area contributed by atoms with Crippen molar-refractivity contribution in [2.45, 2.75) is 36.9 Å². The molecule has 0 saturated heterocycles. The minimum atomic E-state index is -0.138. The molecule has 0 aromatic carbocycles. The molecule has 1 aromatic rings. The molecule has 0 bridgehead atoms. The van der Waals surface area contributed by atoms with Gasteiger partial charge >= 0.3 is 0 Å². The van der Waals surface area contributed by atoms with Crippen molar-refractivity contribution < 1.29 is 4.79 Å². The van der Waals surface area contributed by atoms with E-state index >= 15 is 0 Å². The molecular formula is C14H22N4OS. The second-order valence-corrected chi connectivity index (χ2v) is 6.46. The van der Waals surface area contributed by atoms with Gasteiger partial charge in [-0.15, -0.1) is 0 Å². The van der Waals surface area contributed by atoms with Crippen LogP contribution in [0.3, 0.4) is 0 Å². The molecule has 2 rings (SSSR count). The van der Waals surface area contributed by atoms with Crippen molar-refractivity contribution in [2.75, 3.05) is 18.2 Å². The van der Waals surface area contributed by atoms with Crippen LogP contribution >= 0.6 is 11.8 Å². The Hall–Kier alpha value is -1.27. The summed E-state index contributed by atoms with van der Waals surface area (Å²) >= 11 is 1.87. The Morgan fingerprint density at radius 3 is 2.80 bits per heavy atom. The summed E-state index contributed by atoms with van der Waals surface area (Å²) in [5.74, 6) is 5.66. The molecule has 1 aliphatic carbocycles. The molecule has 6 heteroatoms. The van der Waals surface area contributed by atoms with E-state index < -0.39 is 0 Å². The number of nitrogen functional groups attached to an aromatic ring is 1. The second kappa shape index (κ2) is 6.95. The molecule has 110 valence electrons. The zero-order valence-electron chi connectivity index (χ0n) is 11.8. The molecule has 1 fully saturated rings. The molecular weight excluding hydrogens is 272 g/mol. The fourth-order valence-corrected chi connectivity index (χ4v) is 3.54. The van der Waals surface area contributed by atoms with Crippen LogP contribution in [0.15, 0.2) is 18.2 Å². The predicted octanol–water partition coefficient (Wildman–Crippen LogP) is 2.16. The van der Waals surface area contributed by atoms with E-state index in [2.05, 4.69) is 22.0 Å². The monoisotopic (exact) mass is 294 g/mol. The van der Waals surface area contributed by atoms with Gasteiger partial charge in [0.15, 0.2) is 0 Å². The van der Waals surface area contributed by atoms with Gasteiger partial charge < -0.3 is 10.7 Å². The minimum Gasteiger partial charge on any atom is -0.349 e. The van der Waals surface area contributed by atoms with E-state index in [1.807, 2.05) is 11.8 Å². The van der Waals surface area contributed by atoms with Crippen LogP contribution in [0.25, 0.3) is 0 Å². The molecule has 1 aliphatic rings. The van der Waals surface area contributed by atoms with Crippen LogP contribution < -0.4 is 16.6 Å². The van der Waals surface area contributed by atoms with Gasteiger partial charge in [0.1, 0.15) is 11.5 Å². The number of carbonyl (C=O) groups excluding carboxylic acids is 1. The van der Waals surface area contributed by atoms with Crippen LogP contribution in [-0.4, -0.2) is 28.4 Å². The lowest BCUT2D eigenvalue weighted by Crippen LogP contribution is -2.42. The van der Waals surface area contributed by atoms with Gasteiger partial charge in [0.2, 0.25) is 0 Å². The van der Waals surface area contributed by atoms with Gasteiger partial charge in [0, 0.05) is 11.3 Å². The first kappa shape index (κ1) is 15.1. The number of hydrogen-bond acceptors (Lipinski definition) is 5. The number of pyridine rings is 1. The Morgan fingerprint density at radius 1 is 1.40 bits per heavy atom. The SMILES string of the molecule is CSC1(CNC(=O)c2cccc(NN)n2)CCCCC1. The van der Waals surface area contributed by atoms with Crippen LogP contribution in [0.4, 0.5) is 5.82 Å². The van der Waals surface area contributed by atoms with Gasteiger partial charge in [-0.05, 0) is 31.2 Å². The Labute approximate surface area is 124 Å². The smallest absolute Gasteiger partial charge is 0.270 e. The van der Waals surface area contributed by atoms with E-state index in [4.69, 9.17) is 5.84 Å². The number of hydrazine groups is 1. The highest BCUT2D eigenvalue weighted by Gasteiger charge is 2.31. The highest BCUT2D eigenvalue weighted by molar-refractivity contribution is 8.00. The highest BCUT2D eigenvalue weighted by atomic mass is 32.2. The summed E-state index contributed by atoms with van der Waals surface area (Å²) in [6.07, 6.45) is 8.29. The summed E-state index contributed by atoms with van der Waals surface area (Å²) in [7, 11) is 0.